The van der Waals surface area contributed by atoms with Crippen LogP contribution in [0.2, 0.25) is 0 Å². The lowest BCUT2D eigenvalue weighted by atomic mass is 10.5. The van der Waals surface area contributed by atoms with E-state index in [4.69, 9.17) is 0 Å². The topological polar surface area (TPSA) is 40.1 Å². The number of hydrogen-bond donors (Lipinski definition) is 0. The molecule has 54 valence electrons. The van der Waals surface area contributed by atoms with Crippen molar-refractivity contribution in [1.82, 2.24) is 0 Å². The summed E-state index contributed by atoms with van der Waals surface area (Å²) < 4.78 is 10.5. The van der Waals surface area contributed by atoms with Gasteiger partial charge in [-0.15, -0.1) is 0 Å². The highest BCUT2D eigenvalue weighted by Gasteiger charge is 2.19. The van der Waals surface area contributed by atoms with Crippen molar-refractivity contribution in [3.8, 4) is 0 Å². The van der Waals surface area contributed by atoms with Gasteiger partial charge in [0.25, 0.3) is 0 Å². The Labute approximate surface area is 57.3 Å². The fourth-order valence-electron chi connectivity index (χ4n) is 0.804. The van der Waals surface area contributed by atoms with Crippen LogP contribution in [-0.2, 0) is 10.8 Å². The molecule has 0 atom stereocenters. The van der Waals surface area contributed by atoms with E-state index in [0.29, 0.717) is 24.6 Å². The van der Waals surface area contributed by atoms with Crippen LogP contribution >= 0.6 is 0 Å². The van der Waals surface area contributed by atoms with Gasteiger partial charge in [0.05, 0.1) is 31.6 Å². The summed E-state index contributed by atoms with van der Waals surface area (Å²) in [7, 11) is 0.933. The fourth-order valence-corrected chi connectivity index (χ4v) is 2.19. The predicted octanol–water partition coefficient (Wildman–Crippen LogP) is -0.307. The highest BCUT2D eigenvalue weighted by atomic mass is 32.2. The van der Waals surface area contributed by atoms with Gasteiger partial charge in [0, 0.05) is 10.8 Å². The van der Waals surface area contributed by atoms with Crippen LogP contribution in [0.25, 0.3) is 0 Å². The van der Waals surface area contributed by atoms with Crippen molar-refractivity contribution in [2.24, 2.45) is 0 Å². The molecule has 1 aliphatic rings. The minimum absolute atomic E-state index is 0.203. The molecule has 0 N–H and O–H groups in total. The smallest absolute Gasteiger partial charge is 0.0899 e. The Morgan fingerprint density at radius 1 is 1.44 bits per heavy atom. The van der Waals surface area contributed by atoms with Crippen molar-refractivity contribution in [2.45, 2.75) is 0 Å². The lowest BCUT2D eigenvalue weighted by molar-refractivity contribution is -0.856. The molecule has 0 aromatic rings. The van der Waals surface area contributed by atoms with Crippen molar-refractivity contribution in [3.63, 3.8) is 0 Å². The second-order valence-electron chi connectivity index (χ2n) is 2.59. The third kappa shape index (κ3) is 2.04. The zero-order chi connectivity index (χ0) is 6.91. The summed E-state index contributed by atoms with van der Waals surface area (Å²) in [6.45, 7) is 1.04. The van der Waals surface area contributed by atoms with Crippen molar-refractivity contribution in [2.75, 3.05) is 31.6 Å². The monoisotopic (exact) mass is 149 g/mol. The Hall–Kier alpha value is 0.0700. The van der Waals surface area contributed by atoms with Crippen LogP contribution in [0.15, 0.2) is 0 Å². The number of quaternary nitrogens is 1. The van der Waals surface area contributed by atoms with E-state index in [1.165, 1.54) is 0 Å². The second-order valence-corrected chi connectivity index (χ2v) is 4.29. The minimum atomic E-state index is -0.702. The molecule has 0 aromatic carbocycles. The molecule has 3 nitrogen and oxygen atoms in total. The van der Waals surface area contributed by atoms with Crippen LogP contribution < -0.4 is 0 Å². The summed E-state index contributed by atoms with van der Waals surface area (Å²) in [5.41, 5.74) is 0. The molecule has 1 heterocycles. The third-order valence-corrected chi connectivity index (χ3v) is 2.86. The number of nitrogens with zero attached hydrogens (tertiary/aromatic N) is 1. The van der Waals surface area contributed by atoms with Gasteiger partial charge in [0.1, 0.15) is 0 Å². The molecular weight excluding hydrogens is 138 g/mol. The van der Waals surface area contributed by atoms with Crippen LogP contribution in [0.5, 0.6) is 0 Å². The number of rotatable bonds is 0. The van der Waals surface area contributed by atoms with Gasteiger partial charge >= 0.3 is 0 Å². The molecule has 0 spiro atoms. The van der Waals surface area contributed by atoms with E-state index in [1.807, 2.05) is 0 Å². The molecule has 1 fully saturated rings. The van der Waals surface area contributed by atoms with Crippen molar-refractivity contribution in [1.29, 1.82) is 0 Å². The van der Waals surface area contributed by atoms with Gasteiger partial charge in [0.15, 0.2) is 0 Å². The lowest BCUT2D eigenvalue weighted by Crippen LogP contribution is -2.47. The van der Waals surface area contributed by atoms with E-state index in [0.717, 1.165) is 0 Å². The average Bonchev–Trinajstić information content (AvgIpc) is 1.78. The maximum Gasteiger partial charge on any atom is 0.0899 e. The van der Waals surface area contributed by atoms with Gasteiger partial charge in [-0.2, -0.15) is 0 Å². The zero-order valence-corrected chi connectivity index (χ0v) is 6.32. The van der Waals surface area contributed by atoms with E-state index in [2.05, 4.69) is 0 Å². The van der Waals surface area contributed by atoms with E-state index in [1.54, 1.807) is 7.05 Å². The summed E-state index contributed by atoms with van der Waals surface area (Å²) in [5, 5.41) is 11.1. The molecule has 0 bridgehead atoms. The molecule has 1 saturated heterocycles. The Morgan fingerprint density at radius 2 is 1.89 bits per heavy atom. The van der Waals surface area contributed by atoms with Crippen LogP contribution in [0.4, 0.5) is 0 Å². The molecule has 1 rings (SSSR count). The third-order valence-electron chi connectivity index (χ3n) is 1.58. The summed E-state index contributed by atoms with van der Waals surface area (Å²) >= 11 is 0. The van der Waals surface area contributed by atoms with Crippen LogP contribution in [0.3, 0.4) is 0 Å². The summed E-state index contributed by atoms with van der Waals surface area (Å²) in [5.74, 6) is 1.17. The first-order valence-electron chi connectivity index (χ1n) is 3.01. The van der Waals surface area contributed by atoms with Crippen molar-refractivity contribution >= 4 is 10.8 Å². The maximum atomic E-state index is 11.1. The van der Waals surface area contributed by atoms with E-state index < -0.39 is 10.8 Å². The Bertz CT molecular complexity index is 123. The summed E-state index contributed by atoms with van der Waals surface area (Å²) in [6.07, 6.45) is 0. The lowest BCUT2D eigenvalue weighted by Gasteiger charge is -2.40. The van der Waals surface area contributed by atoms with Crippen LogP contribution in [0, 0.1) is 5.21 Å². The molecule has 0 saturated carbocycles. The van der Waals surface area contributed by atoms with E-state index in [-0.39, 0.29) is 4.65 Å². The second kappa shape index (κ2) is 2.36. The quantitative estimate of drug-likeness (QED) is 0.350. The Morgan fingerprint density at radius 3 is 2.22 bits per heavy atom. The van der Waals surface area contributed by atoms with Crippen molar-refractivity contribution < 1.29 is 8.86 Å². The van der Waals surface area contributed by atoms with Gasteiger partial charge < -0.3 is 9.85 Å². The van der Waals surface area contributed by atoms with Crippen LogP contribution in [-0.4, -0.2) is 40.5 Å². The summed E-state index contributed by atoms with van der Waals surface area (Å²) in [4.78, 5) is 0. The average molecular weight is 149 g/mol. The first kappa shape index (κ1) is 7.18. The Balaban J connectivity index is 2.44. The number of hydroxylamine groups is 3. The molecular formula is C5H11NO2S. The largest absolute Gasteiger partial charge is 0.633 e. The fraction of sp³-hybridized carbons (Fsp3) is 1.00. The normalized spacial score (nSPS) is 44.9. The maximum absolute atomic E-state index is 11.1. The van der Waals surface area contributed by atoms with Crippen molar-refractivity contribution in [3.05, 3.63) is 5.21 Å². The molecule has 9 heavy (non-hydrogen) atoms. The van der Waals surface area contributed by atoms with E-state index >= 15 is 0 Å². The van der Waals surface area contributed by atoms with Gasteiger partial charge in [-0.05, 0) is 0 Å². The minimum Gasteiger partial charge on any atom is -0.633 e. The van der Waals surface area contributed by atoms with Gasteiger partial charge in [-0.3, -0.25) is 4.21 Å². The molecule has 1 aliphatic heterocycles. The molecule has 0 amide bonds. The standard InChI is InChI=1S/C5H11NO2S/c1-6(7)2-4-9(8)5-3-6/h2-5H2,1H3. The van der Waals surface area contributed by atoms with Gasteiger partial charge in [0.2, 0.25) is 0 Å². The van der Waals surface area contributed by atoms with Crippen LogP contribution in [0.1, 0.15) is 0 Å². The molecule has 4 heteroatoms. The molecule has 0 radical (unpaired) electrons. The Kier molecular flexibility index (Phi) is 1.88. The highest BCUT2D eigenvalue weighted by Crippen LogP contribution is 2.05. The van der Waals surface area contributed by atoms with Gasteiger partial charge in [-0.25, -0.2) is 0 Å². The number of hydrogen-bond acceptors (Lipinski definition) is 2. The SMILES string of the molecule is C[N+]1([O-])CCS(=O)CC1. The van der Waals surface area contributed by atoms with E-state index in [9.17, 15) is 9.42 Å². The molecule has 0 aromatic heterocycles. The first-order chi connectivity index (χ1) is 4.10. The predicted molar refractivity (Wildman–Crippen MR) is 37.2 cm³/mol. The molecule has 0 unspecified atom stereocenters. The highest BCUT2D eigenvalue weighted by molar-refractivity contribution is 7.85. The van der Waals surface area contributed by atoms with Gasteiger partial charge in [-0.1, -0.05) is 0 Å². The molecule has 0 aliphatic carbocycles. The first-order valence-corrected chi connectivity index (χ1v) is 4.49. The summed E-state index contributed by atoms with van der Waals surface area (Å²) in [6, 6.07) is 0. The zero-order valence-electron chi connectivity index (χ0n) is 5.50.